The van der Waals surface area contributed by atoms with Crippen LogP contribution in [0.25, 0.3) is 0 Å². The molecule has 1 N–H and O–H groups in total. The number of carbonyl (C=O) groups is 2. The third-order valence-corrected chi connectivity index (χ3v) is 7.11. The number of rotatable bonds is 3. The van der Waals surface area contributed by atoms with Gasteiger partial charge in [-0.25, -0.2) is 4.79 Å². The molecule has 6 nitrogen and oxygen atoms in total. The number of amides is 2. The second-order valence-corrected chi connectivity index (χ2v) is 8.62. The van der Waals surface area contributed by atoms with Gasteiger partial charge in [0.2, 0.25) is 5.91 Å². The number of ether oxygens (including phenoxy) is 2. The maximum Gasteiger partial charge on any atom is 0.573 e. The molecule has 156 valence electrons. The van der Waals surface area contributed by atoms with Crippen LogP contribution in [0.1, 0.15) is 31.2 Å². The van der Waals surface area contributed by atoms with E-state index in [0.29, 0.717) is 19.5 Å². The van der Waals surface area contributed by atoms with Crippen LogP contribution in [0.5, 0.6) is 5.75 Å². The van der Waals surface area contributed by atoms with Crippen molar-refractivity contribution < 1.29 is 32.2 Å². The predicted molar refractivity (Wildman–Crippen MR) is 94.0 cm³/mol. The molecule has 2 aliphatic heterocycles. The van der Waals surface area contributed by atoms with Crippen LogP contribution >= 0.6 is 0 Å². The third-order valence-electron chi connectivity index (χ3n) is 7.11. The monoisotopic (exact) mass is 410 g/mol. The van der Waals surface area contributed by atoms with Gasteiger partial charge in [0, 0.05) is 18.5 Å². The molecule has 0 aromatic heterocycles. The maximum atomic E-state index is 13.0. The molecule has 0 radical (unpaired) electrons. The quantitative estimate of drug-likeness (QED) is 0.832. The number of nitrogens with one attached hydrogen (secondary N) is 1. The summed E-state index contributed by atoms with van der Waals surface area (Å²) in [6.07, 6.45) is -2.16. The van der Waals surface area contributed by atoms with Crippen molar-refractivity contribution in [2.75, 3.05) is 19.7 Å². The van der Waals surface area contributed by atoms with E-state index >= 15 is 0 Å². The molecule has 2 amide bonds. The largest absolute Gasteiger partial charge is 0.573 e. The first kappa shape index (κ1) is 18.6. The summed E-state index contributed by atoms with van der Waals surface area (Å²) in [7, 11) is 0. The van der Waals surface area contributed by atoms with Crippen molar-refractivity contribution in [3.8, 4) is 5.75 Å². The normalized spacial score (nSPS) is 35.4. The molecule has 2 heterocycles. The van der Waals surface area contributed by atoms with E-state index in [1.165, 1.54) is 12.1 Å². The van der Waals surface area contributed by atoms with Crippen molar-refractivity contribution in [2.45, 2.75) is 43.0 Å². The fourth-order valence-electron chi connectivity index (χ4n) is 5.33. The molecule has 1 aromatic carbocycles. The number of hydrogen-bond donors (Lipinski definition) is 1. The first-order chi connectivity index (χ1) is 13.7. The van der Waals surface area contributed by atoms with Gasteiger partial charge >= 0.3 is 12.5 Å². The van der Waals surface area contributed by atoms with Crippen molar-refractivity contribution in [1.29, 1.82) is 0 Å². The van der Waals surface area contributed by atoms with Gasteiger partial charge in [0.25, 0.3) is 0 Å². The lowest BCUT2D eigenvalue weighted by molar-refractivity contribution is -0.274. The third kappa shape index (κ3) is 3.02. The summed E-state index contributed by atoms with van der Waals surface area (Å²) in [5.41, 5.74) is 0.104. The summed E-state index contributed by atoms with van der Waals surface area (Å²) in [6.45, 7) is 1.38. The molecular formula is C20H21F3N2O4. The second-order valence-electron chi connectivity index (χ2n) is 8.62. The number of piperidine rings is 1. The number of cyclic esters (lactones) is 1. The Morgan fingerprint density at radius 1 is 1.31 bits per heavy atom. The maximum absolute atomic E-state index is 13.0. The zero-order chi connectivity index (χ0) is 20.4. The number of carbonyl (C=O) groups excluding carboxylic acids is 2. The van der Waals surface area contributed by atoms with Gasteiger partial charge in [-0.05, 0) is 49.3 Å². The van der Waals surface area contributed by atoms with Gasteiger partial charge in [-0.3, -0.25) is 4.79 Å². The number of alkyl halides is 3. The summed E-state index contributed by atoms with van der Waals surface area (Å²) in [6, 6.07) is 6.20. The molecule has 4 fully saturated rings. The van der Waals surface area contributed by atoms with E-state index in [-0.39, 0.29) is 35.5 Å². The highest BCUT2D eigenvalue weighted by Crippen LogP contribution is 2.60. The van der Waals surface area contributed by atoms with Crippen LogP contribution in [0.2, 0.25) is 0 Å². The van der Waals surface area contributed by atoms with E-state index in [2.05, 4.69) is 10.1 Å². The Kier molecular flexibility index (Phi) is 3.86. The van der Waals surface area contributed by atoms with E-state index in [4.69, 9.17) is 4.74 Å². The number of benzene rings is 1. The molecule has 5 rings (SSSR count). The van der Waals surface area contributed by atoms with Gasteiger partial charge in [-0.15, -0.1) is 13.2 Å². The molecule has 2 aliphatic carbocycles. The van der Waals surface area contributed by atoms with Crippen LogP contribution < -0.4 is 10.1 Å². The molecule has 1 spiro atoms. The molecule has 2 saturated carbocycles. The summed E-state index contributed by atoms with van der Waals surface area (Å²) in [4.78, 5) is 26.3. The van der Waals surface area contributed by atoms with E-state index < -0.39 is 18.0 Å². The van der Waals surface area contributed by atoms with Crippen molar-refractivity contribution in [1.82, 2.24) is 10.2 Å². The van der Waals surface area contributed by atoms with E-state index in [1.807, 2.05) is 11.0 Å². The molecule has 3 unspecified atom stereocenters. The average molecular weight is 410 g/mol. The van der Waals surface area contributed by atoms with Crippen LogP contribution in [0.3, 0.4) is 0 Å². The SMILES string of the molecule is O=C1NC2(CCC2C(=O)N2CCC3(c4cccc(OC(F)(F)F)c4)C[C@@H]3C2)CO1. The summed E-state index contributed by atoms with van der Waals surface area (Å²) in [5.74, 6) is -0.200. The molecule has 29 heavy (non-hydrogen) atoms. The van der Waals surface area contributed by atoms with E-state index in [0.717, 1.165) is 24.8 Å². The number of likely N-dealkylation sites (tertiary alicyclic amines) is 1. The highest BCUT2D eigenvalue weighted by molar-refractivity contribution is 5.84. The van der Waals surface area contributed by atoms with E-state index in [9.17, 15) is 22.8 Å². The minimum absolute atomic E-state index is 0.0386. The van der Waals surface area contributed by atoms with Crippen LogP contribution in [-0.2, 0) is 14.9 Å². The number of hydrogen-bond acceptors (Lipinski definition) is 4. The fourth-order valence-corrected chi connectivity index (χ4v) is 5.33. The number of alkyl carbamates (subject to hydrolysis) is 1. The smallest absolute Gasteiger partial charge is 0.447 e. The minimum Gasteiger partial charge on any atom is -0.447 e. The molecule has 1 aromatic rings. The van der Waals surface area contributed by atoms with Crippen LogP contribution in [0, 0.1) is 11.8 Å². The Morgan fingerprint density at radius 3 is 2.76 bits per heavy atom. The lowest BCUT2D eigenvalue weighted by Gasteiger charge is -2.46. The zero-order valence-electron chi connectivity index (χ0n) is 15.6. The van der Waals surface area contributed by atoms with Crippen molar-refractivity contribution in [3.63, 3.8) is 0 Å². The number of fused-ring (bicyclic) bond motifs is 1. The molecular weight excluding hydrogens is 389 g/mol. The Balaban J connectivity index is 1.26. The van der Waals surface area contributed by atoms with Crippen LogP contribution in [-0.4, -0.2) is 48.5 Å². The highest BCUT2D eigenvalue weighted by Gasteiger charge is 2.61. The molecule has 4 atom stereocenters. The lowest BCUT2D eigenvalue weighted by atomic mass is 9.66. The van der Waals surface area contributed by atoms with Gasteiger partial charge in [-0.2, -0.15) is 0 Å². The standard InChI is InChI=1S/C20H21F3N2O4/c21-20(22,23)29-14-3-1-2-12(8-14)18-6-7-25(10-13(18)9-18)16(26)15-4-5-19(15)11-28-17(27)24-19/h1-3,8,13,15H,4-7,9-11H2,(H,24,27)/t13-,15?,18?,19?/m1/s1. The van der Waals surface area contributed by atoms with E-state index in [1.54, 1.807) is 6.07 Å². The number of halogens is 3. The van der Waals surface area contributed by atoms with Crippen molar-refractivity contribution in [2.24, 2.45) is 11.8 Å². The Labute approximate surface area is 165 Å². The number of nitrogens with zero attached hydrogens (tertiary/aromatic N) is 1. The second kappa shape index (κ2) is 6.03. The Bertz CT molecular complexity index is 876. The summed E-state index contributed by atoms with van der Waals surface area (Å²) < 4.78 is 46.6. The Hall–Kier alpha value is -2.45. The molecule has 9 heteroatoms. The van der Waals surface area contributed by atoms with Gasteiger partial charge in [0.1, 0.15) is 12.4 Å². The van der Waals surface area contributed by atoms with Gasteiger partial charge < -0.3 is 19.7 Å². The first-order valence-electron chi connectivity index (χ1n) is 9.81. The van der Waals surface area contributed by atoms with Crippen LogP contribution in [0.15, 0.2) is 24.3 Å². The summed E-state index contributed by atoms with van der Waals surface area (Å²) >= 11 is 0. The molecule has 0 bridgehead atoms. The van der Waals surface area contributed by atoms with Crippen LogP contribution in [0.4, 0.5) is 18.0 Å². The highest BCUT2D eigenvalue weighted by atomic mass is 19.4. The minimum atomic E-state index is -4.72. The zero-order valence-corrected chi connectivity index (χ0v) is 15.6. The predicted octanol–water partition coefficient (Wildman–Crippen LogP) is 2.96. The van der Waals surface area contributed by atoms with Gasteiger partial charge in [0.15, 0.2) is 0 Å². The lowest BCUT2D eigenvalue weighted by Crippen LogP contribution is -2.63. The molecule has 4 aliphatic rings. The van der Waals surface area contributed by atoms with Crippen molar-refractivity contribution in [3.05, 3.63) is 29.8 Å². The topological polar surface area (TPSA) is 67.9 Å². The van der Waals surface area contributed by atoms with Crippen molar-refractivity contribution >= 4 is 12.0 Å². The molecule has 2 saturated heterocycles. The fraction of sp³-hybridized carbons (Fsp3) is 0.600. The first-order valence-corrected chi connectivity index (χ1v) is 9.81. The average Bonchev–Trinajstić information content (AvgIpc) is 3.25. The van der Waals surface area contributed by atoms with Gasteiger partial charge in [-0.1, -0.05) is 12.1 Å². The van der Waals surface area contributed by atoms with Gasteiger partial charge in [0.05, 0.1) is 11.5 Å². The summed E-state index contributed by atoms with van der Waals surface area (Å²) in [5, 5.41) is 2.80. The Morgan fingerprint density at radius 2 is 2.14 bits per heavy atom.